The zero-order valence-corrected chi connectivity index (χ0v) is 13.2. The summed E-state index contributed by atoms with van der Waals surface area (Å²) < 4.78 is 1.46. The molecule has 0 spiro atoms. The van der Waals surface area contributed by atoms with Crippen LogP contribution in [-0.2, 0) is 4.79 Å². The standard InChI is InChI=1S/C16H16N4O2S/c21-12-6-8-19(9-7-12)13(11-4-2-1-3-5-11)14-15(22)20-16(23-14)17-10-18-20/h1-5,10,13,22H,6-9H2. The molecule has 23 heavy (non-hydrogen) atoms. The topological polar surface area (TPSA) is 70.7 Å². The van der Waals surface area contributed by atoms with Crippen LogP contribution < -0.4 is 0 Å². The van der Waals surface area contributed by atoms with Crippen LogP contribution in [0.3, 0.4) is 0 Å². The number of aromatic hydroxyl groups is 1. The Morgan fingerprint density at radius 1 is 1.17 bits per heavy atom. The number of Topliss-reactive ketones (excluding diaryl/α,β-unsaturated/α-hetero) is 1. The third-order valence-corrected chi connectivity index (χ3v) is 5.31. The van der Waals surface area contributed by atoms with E-state index in [1.807, 2.05) is 18.2 Å². The highest BCUT2D eigenvalue weighted by molar-refractivity contribution is 7.17. The molecule has 0 aliphatic carbocycles. The van der Waals surface area contributed by atoms with Gasteiger partial charge >= 0.3 is 0 Å². The lowest BCUT2D eigenvalue weighted by Crippen LogP contribution is -2.37. The predicted molar refractivity (Wildman–Crippen MR) is 86.6 cm³/mol. The second-order valence-electron chi connectivity index (χ2n) is 5.63. The number of nitrogens with zero attached hydrogens (tertiary/aromatic N) is 4. The molecule has 4 rings (SSSR count). The maximum absolute atomic E-state index is 11.6. The van der Waals surface area contributed by atoms with Crippen LogP contribution in [0.1, 0.15) is 29.3 Å². The number of hydrogen-bond donors (Lipinski definition) is 1. The van der Waals surface area contributed by atoms with Crippen LogP contribution in [0.2, 0.25) is 0 Å². The Morgan fingerprint density at radius 3 is 2.61 bits per heavy atom. The van der Waals surface area contributed by atoms with Crippen LogP contribution in [-0.4, -0.2) is 43.5 Å². The lowest BCUT2D eigenvalue weighted by atomic mass is 10.00. The number of thiazole rings is 1. The SMILES string of the molecule is O=C1CCN(C(c2ccccc2)c2sc3ncnn3c2O)CC1. The van der Waals surface area contributed by atoms with E-state index in [1.54, 1.807) is 0 Å². The van der Waals surface area contributed by atoms with E-state index in [9.17, 15) is 9.90 Å². The summed E-state index contributed by atoms with van der Waals surface area (Å²) in [6.07, 6.45) is 2.56. The van der Waals surface area contributed by atoms with E-state index in [0.29, 0.717) is 36.7 Å². The van der Waals surface area contributed by atoms with E-state index < -0.39 is 0 Å². The molecule has 3 aromatic rings. The van der Waals surface area contributed by atoms with E-state index in [-0.39, 0.29) is 11.9 Å². The van der Waals surface area contributed by atoms with Gasteiger partial charge in [-0.2, -0.15) is 9.61 Å². The predicted octanol–water partition coefficient (Wildman–Crippen LogP) is 2.25. The van der Waals surface area contributed by atoms with Crippen LogP contribution in [0.15, 0.2) is 36.7 Å². The molecule has 0 radical (unpaired) electrons. The van der Waals surface area contributed by atoms with Gasteiger partial charge < -0.3 is 5.11 Å². The molecule has 0 saturated carbocycles. The van der Waals surface area contributed by atoms with Gasteiger partial charge in [0, 0.05) is 25.9 Å². The lowest BCUT2D eigenvalue weighted by molar-refractivity contribution is -0.121. The Labute approximate surface area is 137 Å². The number of likely N-dealkylation sites (tertiary alicyclic amines) is 1. The summed E-state index contributed by atoms with van der Waals surface area (Å²) in [5, 5.41) is 14.6. The molecule has 0 bridgehead atoms. The van der Waals surface area contributed by atoms with Crippen LogP contribution >= 0.6 is 11.3 Å². The minimum Gasteiger partial charge on any atom is -0.492 e. The maximum atomic E-state index is 11.6. The van der Waals surface area contributed by atoms with Gasteiger partial charge in [0.05, 0.1) is 10.9 Å². The molecule has 1 unspecified atom stereocenters. The van der Waals surface area contributed by atoms with Gasteiger partial charge in [-0.05, 0) is 5.56 Å². The van der Waals surface area contributed by atoms with Crippen LogP contribution in [0.4, 0.5) is 0 Å². The summed E-state index contributed by atoms with van der Waals surface area (Å²) in [5.41, 5.74) is 1.10. The Balaban J connectivity index is 1.80. The molecule has 2 aromatic heterocycles. The molecular weight excluding hydrogens is 312 g/mol. The van der Waals surface area contributed by atoms with Gasteiger partial charge in [0.15, 0.2) is 0 Å². The van der Waals surface area contributed by atoms with Crippen molar-refractivity contribution in [2.45, 2.75) is 18.9 Å². The van der Waals surface area contributed by atoms with Gasteiger partial charge in [0.2, 0.25) is 10.8 Å². The van der Waals surface area contributed by atoms with Gasteiger partial charge in [-0.1, -0.05) is 41.7 Å². The molecule has 1 N–H and O–H groups in total. The van der Waals surface area contributed by atoms with Crippen molar-refractivity contribution in [3.8, 4) is 5.88 Å². The summed E-state index contributed by atoms with van der Waals surface area (Å²) in [6, 6.07) is 9.98. The fourth-order valence-corrected chi connectivity index (χ4v) is 4.16. The van der Waals surface area contributed by atoms with Crippen molar-refractivity contribution in [2.75, 3.05) is 13.1 Å². The minimum absolute atomic E-state index is 0.0854. The van der Waals surface area contributed by atoms with Crippen molar-refractivity contribution >= 4 is 22.1 Å². The fraction of sp³-hybridized carbons (Fsp3) is 0.312. The highest BCUT2D eigenvalue weighted by Crippen LogP contribution is 2.40. The number of benzene rings is 1. The van der Waals surface area contributed by atoms with Gasteiger partial charge in [-0.3, -0.25) is 9.69 Å². The van der Waals surface area contributed by atoms with Crippen LogP contribution in [0.5, 0.6) is 5.88 Å². The van der Waals surface area contributed by atoms with E-state index >= 15 is 0 Å². The van der Waals surface area contributed by atoms with Crippen molar-refractivity contribution in [1.29, 1.82) is 0 Å². The molecule has 1 aliphatic heterocycles. The Hall–Kier alpha value is -2.25. The van der Waals surface area contributed by atoms with E-state index in [1.165, 1.54) is 22.2 Å². The number of fused-ring (bicyclic) bond motifs is 1. The third kappa shape index (κ3) is 2.51. The first-order valence-electron chi connectivity index (χ1n) is 7.56. The summed E-state index contributed by atoms with van der Waals surface area (Å²) in [4.78, 5) is 19.5. The first-order valence-corrected chi connectivity index (χ1v) is 8.38. The molecule has 1 atom stereocenters. The minimum atomic E-state index is -0.0854. The zero-order valence-electron chi connectivity index (χ0n) is 12.4. The van der Waals surface area contributed by atoms with E-state index in [4.69, 9.17) is 0 Å². The van der Waals surface area contributed by atoms with Crippen molar-refractivity contribution in [3.05, 3.63) is 47.1 Å². The largest absolute Gasteiger partial charge is 0.492 e. The molecule has 1 aromatic carbocycles. The summed E-state index contributed by atoms with van der Waals surface area (Å²) in [7, 11) is 0. The lowest BCUT2D eigenvalue weighted by Gasteiger charge is -2.33. The monoisotopic (exact) mass is 328 g/mol. The average Bonchev–Trinajstić information content (AvgIpc) is 3.15. The van der Waals surface area contributed by atoms with Crippen LogP contribution in [0.25, 0.3) is 4.96 Å². The van der Waals surface area contributed by atoms with E-state index in [2.05, 4.69) is 27.1 Å². The number of hydrogen-bond acceptors (Lipinski definition) is 6. The molecule has 1 fully saturated rings. The number of rotatable bonds is 3. The first-order chi connectivity index (χ1) is 11.2. The summed E-state index contributed by atoms with van der Waals surface area (Å²) in [5.74, 6) is 0.438. The second kappa shape index (κ2) is 5.75. The van der Waals surface area contributed by atoms with Crippen molar-refractivity contribution < 1.29 is 9.90 Å². The fourth-order valence-electron chi connectivity index (χ4n) is 3.07. The second-order valence-corrected chi connectivity index (χ2v) is 6.64. The molecule has 6 nitrogen and oxygen atoms in total. The van der Waals surface area contributed by atoms with Crippen molar-refractivity contribution in [3.63, 3.8) is 0 Å². The Kier molecular flexibility index (Phi) is 3.59. The molecule has 3 heterocycles. The maximum Gasteiger partial charge on any atom is 0.230 e. The van der Waals surface area contributed by atoms with Gasteiger partial charge in [0.1, 0.15) is 12.1 Å². The highest BCUT2D eigenvalue weighted by atomic mass is 32.1. The summed E-state index contributed by atoms with van der Waals surface area (Å²) >= 11 is 1.44. The molecule has 118 valence electrons. The average molecular weight is 328 g/mol. The van der Waals surface area contributed by atoms with Gasteiger partial charge in [0.25, 0.3) is 0 Å². The first kappa shape index (κ1) is 14.3. The van der Waals surface area contributed by atoms with Gasteiger partial charge in [-0.15, -0.1) is 0 Å². The molecule has 1 saturated heterocycles. The quantitative estimate of drug-likeness (QED) is 0.798. The van der Waals surface area contributed by atoms with Gasteiger partial charge in [-0.25, -0.2) is 4.98 Å². The van der Waals surface area contributed by atoms with E-state index in [0.717, 1.165) is 10.4 Å². The Morgan fingerprint density at radius 2 is 1.91 bits per heavy atom. The number of carbonyl (C=O) groups is 1. The van der Waals surface area contributed by atoms with Crippen molar-refractivity contribution in [2.24, 2.45) is 0 Å². The zero-order chi connectivity index (χ0) is 15.8. The van der Waals surface area contributed by atoms with Crippen LogP contribution in [0, 0.1) is 0 Å². The van der Waals surface area contributed by atoms with Crippen molar-refractivity contribution in [1.82, 2.24) is 19.5 Å². The molecule has 1 aliphatic rings. The molecule has 0 amide bonds. The number of aromatic nitrogens is 3. The highest BCUT2D eigenvalue weighted by Gasteiger charge is 2.31. The number of piperidine rings is 1. The third-order valence-electron chi connectivity index (χ3n) is 4.22. The Bertz CT molecular complexity index is 832. The molecular formula is C16H16N4O2S. The normalized spacial score (nSPS) is 17.7. The molecule has 7 heteroatoms. The smallest absolute Gasteiger partial charge is 0.230 e. The number of ketones is 1. The summed E-state index contributed by atoms with van der Waals surface area (Å²) in [6.45, 7) is 1.40. The number of carbonyl (C=O) groups excluding carboxylic acids is 1.